The Morgan fingerprint density at radius 1 is 1.13 bits per heavy atom. The van der Waals surface area contributed by atoms with Crippen molar-refractivity contribution in [1.82, 2.24) is 0 Å². The number of nitrogen functional groups attached to an aromatic ring is 1. The maximum Gasteiger partial charge on any atom is 0.0343 e. The molecular weight excluding hydrogens is 184 g/mol. The molecule has 0 amide bonds. The van der Waals surface area contributed by atoms with Crippen LogP contribution in [-0.2, 0) is 0 Å². The second-order valence-corrected chi connectivity index (χ2v) is 4.63. The molecule has 1 fully saturated rings. The molecule has 0 aromatic heterocycles. The summed E-state index contributed by atoms with van der Waals surface area (Å²) in [6, 6.07) is 8.68. The van der Waals surface area contributed by atoms with E-state index in [9.17, 15) is 0 Å². The first-order valence-corrected chi connectivity index (χ1v) is 5.88. The van der Waals surface area contributed by atoms with Crippen molar-refractivity contribution in [3.05, 3.63) is 24.3 Å². The molecule has 2 unspecified atom stereocenters. The van der Waals surface area contributed by atoms with Crippen LogP contribution in [0.1, 0.15) is 32.6 Å². The monoisotopic (exact) mass is 204 g/mol. The van der Waals surface area contributed by atoms with Crippen molar-refractivity contribution >= 4 is 11.4 Å². The van der Waals surface area contributed by atoms with Gasteiger partial charge in [-0.05, 0) is 43.0 Å². The first-order valence-electron chi connectivity index (χ1n) is 5.88. The van der Waals surface area contributed by atoms with Crippen LogP contribution in [0.25, 0.3) is 0 Å². The van der Waals surface area contributed by atoms with Gasteiger partial charge in [-0.25, -0.2) is 0 Å². The van der Waals surface area contributed by atoms with E-state index in [4.69, 9.17) is 5.73 Å². The minimum atomic E-state index is 0.641. The molecule has 2 atom stereocenters. The number of hydrogen-bond donors (Lipinski definition) is 2. The van der Waals surface area contributed by atoms with E-state index < -0.39 is 0 Å². The summed E-state index contributed by atoms with van der Waals surface area (Å²) in [6.07, 6.45) is 5.40. The van der Waals surface area contributed by atoms with Crippen LogP contribution in [0.3, 0.4) is 0 Å². The highest BCUT2D eigenvalue weighted by Crippen LogP contribution is 2.26. The smallest absolute Gasteiger partial charge is 0.0343 e. The van der Waals surface area contributed by atoms with E-state index in [2.05, 4.69) is 24.4 Å². The molecule has 0 spiro atoms. The van der Waals surface area contributed by atoms with Gasteiger partial charge in [0.05, 0.1) is 0 Å². The second-order valence-electron chi connectivity index (χ2n) is 4.63. The summed E-state index contributed by atoms with van der Waals surface area (Å²) in [5, 5.41) is 3.60. The molecule has 1 aliphatic rings. The Morgan fingerprint density at radius 3 is 2.47 bits per heavy atom. The zero-order valence-electron chi connectivity index (χ0n) is 9.37. The molecular formula is C13H20N2. The maximum absolute atomic E-state index is 5.66. The quantitative estimate of drug-likeness (QED) is 0.726. The average molecular weight is 204 g/mol. The summed E-state index contributed by atoms with van der Waals surface area (Å²) in [4.78, 5) is 0. The Labute approximate surface area is 91.9 Å². The molecule has 1 aromatic carbocycles. The van der Waals surface area contributed by atoms with Gasteiger partial charge in [-0.15, -0.1) is 0 Å². The summed E-state index contributed by atoms with van der Waals surface area (Å²) >= 11 is 0. The fourth-order valence-electron chi connectivity index (χ4n) is 2.32. The first-order chi connectivity index (χ1) is 7.25. The number of nitrogens with two attached hydrogens (primary N) is 1. The van der Waals surface area contributed by atoms with Gasteiger partial charge in [0.2, 0.25) is 0 Å². The Kier molecular flexibility index (Phi) is 3.14. The van der Waals surface area contributed by atoms with E-state index in [1.807, 2.05) is 12.1 Å². The van der Waals surface area contributed by atoms with Crippen molar-refractivity contribution < 1.29 is 0 Å². The molecule has 3 N–H and O–H groups in total. The van der Waals surface area contributed by atoms with Gasteiger partial charge >= 0.3 is 0 Å². The molecule has 82 valence electrons. The lowest BCUT2D eigenvalue weighted by Crippen LogP contribution is -2.30. The van der Waals surface area contributed by atoms with Gasteiger partial charge in [0.25, 0.3) is 0 Å². The lowest BCUT2D eigenvalue weighted by molar-refractivity contribution is 0.349. The third-order valence-corrected chi connectivity index (χ3v) is 3.37. The van der Waals surface area contributed by atoms with Gasteiger partial charge in [-0.2, -0.15) is 0 Å². The highest BCUT2D eigenvalue weighted by atomic mass is 14.9. The molecule has 2 heteroatoms. The molecule has 0 heterocycles. The van der Waals surface area contributed by atoms with Crippen LogP contribution in [0, 0.1) is 5.92 Å². The van der Waals surface area contributed by atoms with E-state index in [0.29, 0.717) is 6.04 Å². The van der Waals surface area contributed by atoms with Gasteiger partial charge < -0.3 is 11.1 Å². The average Bonchev–Trinajstić information content (AvgIpc) is 2.25. The zero-order chi connectivity index (χ0) is 10.7. The number of nitrogens with one attached hydrogen (secondary N) is 1. The van der Waals surface area contributed by atoms with Crippen molar-refractivity contribution in [2.24, 2.45) is 5.92 Å². The van der Waals surface area contributed by atoms with Crippen LogP contribution >= 0.6 is 0 Å². The predicted octanol–water partition coefficient (Wildman–Crippen LogP) is 3.26. The van der Waals surface area contributed by atoms with E-state index in [1.165, 1.54) is 31.4 Å². The maximum atomic E-state index is 5.66. The van der Waals surface area contributed by atoms with Gasteiger partial charge in [-0.1, -0.05) is 19.8 Å². The summed E-state index contributed by atoms with van der Waals surface area (Å²) in [5.74, 6) is 0.788. The molecule has 0 radical (unpaired) electrons. The number of benzene rings is 1. The van der Waals surface area contributed by atoms with Crippen LogP contribution in [0.4, 0.5) is 11.4 Å². The molecule has 2 nitrogen and oxygen atoms in total. The minimum Gasteiger partial charge on any atom is -0.399 e. The van der Waals surface area contributed by atoms with Crippen LogP contribution in [0.15, 0.2) is 24.3 Å². The Morgan fingerprint density at radius 2 is 1.80 bits per heavy atom. The second kappa shape index (κ2) is 4.56. The van der Waals surface area contributed by atoms with Crippen molar-refractivity contribution in [1.29, 1.82) is 0 Å². The van der Waals surface area contributed by atoms with E-state index >= 15 is 0 Å². The highest BCUT2D eigenvalue weighted by molar-refractivity contribution is 5.51. The predicted molar refractivity (Wildman–Crippen MR) is 65.9 cm³/mol. The van der Waals surface area contributed by atoms with E-state index in [0.717, 1.165) is 11.6 Å². The third-order valence-electron chi connectivity index (χ3n) is 3.37. The largest absolute Gasteiger partial charge is 0.399 e. The standard InChI is InChI=1S/C13H20N2/c1-10-4-2-3-5-13(10)15-12-8-6-11(14)7-9-12/h6-10,13,15H,2-5,14H2,1H3. The first kappa shape index (κ1) is 10.3. The van der Waals surface area contributed by atoms with Crippen LogP contribution in [-0.4, -0.2) is 6.04 Å². The van der Waals surface area contributed by atoms with Crippen molar-refractivity contribution in [2.75, 3.05) is 11.1 Å². The topological polar surface area (TPSA) is 38.0 Å². The van der Waals surface area contributed by atoms with Gasteiger partial charge in [0.1, 0.15) is 0 Å². The molecule has 1 saturated carbocycles. The van der Waals surface area contributed by atoms with Crippen molar-refractivity contribution in [3.8, 4) is 0 Å². The minimum absolute atomic E-state index is 0.641. The molecule has 0 bridgehead atoms. The lowest BCUT2D eigenvalue weighted by Gasteiger charge is -2.30. The Balaban J connectivity index is 1.98. The fourth-order valence-corrected chi connectivity index (χ4v) is 2.32. The number of rotatable bonds is 2. The number of hydrogen-bond acceptors (Lipinski definition) is 2. The van der Waals surface area contributed by atoms with Gasteiger partial charge in [-0.3, -0.25) is 0 Å². The summed E-state index contributed by atoms with van der Waals surface area (Å²) in [7, 11) is 0. The SMILES string of the molecule is CC1CCCCC1Nc1ccc(N)cc1. The van der Waals surface area contributed by atoms with Crippen LogP contribution < -0.4 is 11.1 Å². The molecule has 1 aromatic rings. The Hall–Kier alpha value is -1.18. The lowest BCUT2D eigenvalue weighted by atomic mass is 9.86. The fraction of sp³-hybridized carbons (Fsp3) is 0.538. The molecule has 1 aliphatic carbocycles. The van der Waals surface area contributed by atoms with Crippen LogP contribution in [0.5, 0.6) is 0 Å². The Bertz CT molecular complexity index is 305. The number of anilines is 2. The molecule has 15 heavy (non-hydrogen) atoms. The summed E-state index contributed by atoms with van der Waals surface area (Å²) in [6.45, 7) is 2.34. The summed E-state index contributed by atoms with van der Waals surface area (Å²) < 4.78 is 0. The van der Waals surface area contributed by atoms with E-state index in [-0.39, 0.29) is 0 Å². The normalized spacial score (nSPS) is 26.2. The molecule has 0 aliphatic heterocycles. The van der Waals surface area contributed by atoms with E-state index in [1.54, 1.807) is 0 Å². The van der Waals surface area contributed by atoms with Crippen LogP contribution in [0.2, 0.25) is 0 Å². The molecule has 2 rings (SSSR count). The van der Waals surface area contributed by atoms with Crippen molar-refractivity contribution in [2.45, 2.75) is 38.6 Å². The summed E-state index contributed by atoms with van der Waals surface area (Å²) in [5.41, 5.74) is 7.69. The van der Waals surface area contributed by atoms with Gasteiger partial charge in [0.15, 0.2) is 0 Å². The van der Waals surface area contributed by atoms with Crippen molar-refractivity contribution in [3.63, 3.8) is 0 Å². The third kappa shape index (κ3) is 2.65. The van der Waals surface area contributed by atoms with Gasteiger partial charge in [0, 0.05) is 17.4 Å². The molecule has 0 saturated heterocycles. The highest BCUT2D eigenvalue weighted by Gasteiger charge is 2.20. The zero-order valence-corrected chi connectivity index (χ0v) is 9.37.